The summed E-state index contributed by atoms with van der Waals surface area (Å²) in [7, 11) is 0. The first kappa shape index (κ1) is 14.0. The molecule has 1 rings (SSSR count). The largest absolute Gasteiger partial charge is 0.481 e. The number of carboxylic acids is 1. The van der Waals surface area contributed by atoms with Gasteiger partial charge in [-0.25, -0.2) is 0 Å². The van der Waals surface area contributed by atoms with Gasteiger partial charge in [-0.3, -0.25) is 9.59 Å². The third-order valence-electron chi connectivity index (χ3n) is 3.60. The fraction of sp³-hybridized carbons (Fsp3) is 0.833. The maximum atomic E-state index is 11.9. The minimum absolute atomic E-state index is 0.0279. The van der Waals surface area contributed by atoms with Gasteiger partial charge in [-0.2, -0.15) is 0 Å². The average molecular weight is 242 g/mol. The van der Waals surface area contributed by atoms with Gasteiger partial charge in [0.15, 0.2) is 0 Å². The molecule has 0 saturated heterocycles. The summed E-state index contributed by atoms with van der Waals surface area (Å²) in [5.41, 5.74) is 5.62. The minimum atomic E-state index is -0.819. The van der Waals surface area contributed by atoms with E-state index in [-0.39, 0.29) is 11.8 Å². The molecule has 4 N–H and O–H groups in total. The predicted octanol–water partition coefficient (Wildman–Crippen LogP) is 0.588. The van der Waals surface area contributed by atoms with E-state index in [0.717, 1.165) is 19.3 Å². The normalized spacial score (nSPS) is 25.5. The third-order valence-corrected chi connectivity index (χ3v) is 3.60. The molecule has 5 nitrogen and oxygen atoms in total. The number of rotatable bonds is 6. The number of hydrogen-bond donors (Lipinski definition) is 3. The Morgan fingerprint density at radius 3 is 2.76 bits per heavy atom. The van der Waals surface area contributed by atoms with Crippen LogP contribution in [0.25, 0.3) is 0 Å². The number of carbonyl (C=O) groups excluding carboxylic acids is 1. The van der Waals surface area contributed by atoms with Crippen molar-refractivity contribution < 1.29 is 14.7 Å². The summed E-state index contributed by atoms with van der Waals surface area (Å²) in [6, 6.07) is 0. The van der Waals surface area contributed by atoms with E-state index >= 15 is 0 Å². The molecule has 98 valence electrons. The molecule has 0 heterocycles. The number of nitrogens with two attached hydrogens (primary N) is 1. The van der Waals surface area contributed by atoms with Crippen molar-refractivity contribution in [3.05, 3.63) is 0 Å². The summed E-state index contributed by atoms with van der Waals surface area (Å²) in [4.78, 5) is 22.5. The molecule has 0 aromatic carbocycles. The molecule has 5 heteroatoms. The van der Waals surface area contributed by atoms with Crippen LogP contribution in [0.5, 0.6) is 0 Å². The van der Waals surface area contributed by atoms with Crippen LogP contribution in [0, 0.1) is 17.8 Å². The van der Waals surface area contributed by atoms with Crippen molar-refractivity contribution in [1.82, 2.24) is 5.32 Å². The van der Waals surface area contributed by atoms with Crippen molar-refractivity contribution in [2.75, 3.05) is 13.1 Å². The van der Waals surface area contributed by atoms with Crippen LogP contribution in [0.3, 0.4) is 0 Å². The second-order valence-corrected chi connectivity index (χ2v) is 4.85. The number of nitrogens with one attached hydrogen (secondary N) is 1. The lowest BCUT2D eigenvalue weighted by atomic mass is 9.95. The summed E-state index contributed by atoms with van der Waals surface area (Å²) in [5.74, 6) is -0.869. The molecule has 1 aliphatic rings. The van der Waals surface area contributed by atoms with E-state index in [1.807, 2.05) is 0 Å². The van der Waals surface area contributed by atoms with Crippen LogP contribution in [0.2, 0.25) is 0 Å². The van der Waals surface area contributed by atoms with Crippen molar-refractivity contribution in [3.8, 4) is 0 Å². The molecule has 0 aliphatic heterocycles. The first-order valence-electron chi connectivity index (χ1n) is 6.26. The second kappa shape index (κ2) is 6.59. The summed E-state index contributed by atoms with van der Waals surface area (Å²) in [6.45, 7) is 2.64. The van der Waals surface area contributed by atoms with Crippen LogP contribution in [0.4, 0.5) is 0 Å². The van der Waals surface area contributed by atoms with Crippen molar-refractivity contribution in [2.45, 2.75) is 32.6 Å². The molecular weight excluding hydrogens is 220 g/mol. The van der Waals surface area contributed by atoms with Gasteiger partial charge in [0.05, 0.1) is 5.92 Å². The molecule has 0 aromatic rings. The predicted molar refractivity (Wildman–Crippen MR) is 64.3 cm³/mol. The van der Waals surface area contributed by atoms with Crippen molar-refractivity contribution in [1.29, 1.82) is 0 Å². The molecule has 0 aromatic heterocycles. The van der Waals surface area contributed by atoms with Crippen LogP contribution in [0.15, 0.2) is 0 Å². The molecule has 1 saturated carbocycles. The Bertz CT molecular complexity index is 281. The third kappa shape index (κ3) is 4.00. The van der Waals surface area contributed by atoms with Crippen LogP contribution < -0.4 is 11.1 Å². The Morgan fingerprint density at radius 1 is 1.47 bits per heavy atom. The molecule has 0 radical (unpaired) electrons. The highest BCUT2D eigenvalue weighted by Gasteiger charge is 2.31. The fourth-order valence-corrected chi connectivity index (χ4v) is 2.33. The topological polar surface area (TPSA) is 92.4 Å². The first-order valence-corrected chi connectivity index (χ1v) is 6.26. The molecule has 1 aliphatic carbocycles. The number of aliphatic carboxylic acids is 1. The van der Waals surface area contributed by atoms with Crippen LogP contribution in [0.1, 0.15) is 32.6 Å². The SMILES string of the molecule is CC(CCNC(=O)C1CCCC1CN)C(=O)O. The zero-order valence-electron chi connectivity index (χ0n) is 10.3. The number of carbonyl (C=O) groups is 2. The van der Waals surface area contributed by atoms with Crippen LogP contribution >= 0.6 is 0 Å². The van der Waals surface area contributed by atoms with Gasteiger partial charge in [-0.1, -0.05) is 13.3 Å². The molecule has 0 spiro atoms. The van der Waals surface area contributed by atoms with Crippen molar-refractivity contribution >= 4 is 11.9 Å². The van der Waals surface area contributed by atoms with Crippen LogP contribution in [-0.2, 0) is 9.59 Å². The Hall–Kier alpha value is -1.10. The van der Waals surface area contributed by atoms with Crippen molar-refractivity contribution in [3.63, 3.8) is 0 Å². The molecule has 17 heavy (non-hydrogen) atoms. The Kier molecular flexibility index (Phi) is 5.41. The van der Waals surface area contributed by atoms with Gasteiger partial charge in [0, 0.05) is 12.5 Å². The van der Waals surface area contributed by atoms with Gasteiger partial charge in [0.2, 0.25) is 5.91 Å². The summed E-state index contributed by atoms with van der Waals surface area (Å²) >= 11 is 0. The fourth-order valence-electron chi connectivity index (χ4n) is 2.33. The molecular formula is C12H22N2O3. The standard InChI is InChI=1S/C12H22N2O3/c1-8(12(16)17)5-6-14-11(15)10-4-2-3-9(10)7-13/h8-10H,2-7,13H2,1H3,(H,14,15)(H,16,17). The molecule has 1 fully saturated rings. The van der Waals surface area contributed by atoms with E-state index in [0.29, 0.717) is 25.4 Å². The molecule has 3 unspecified atom stereocenters. The summed E-state index contributed by atoms with van der Waals surface area (Å²) in [5, 5.41) is 11.5. The maximum absolute atomic E-state index is 11.9. The molecule has 0 bridgehead atoms. The lowest BCUT2D eigenvalue weighted by Crippen LogP contribution is -2.36. The van der Waals surface area contributed by atoms with Gasteiger partial charge in [-0.05, 0) is 31.7 Å². The van der Waals surface area contributed by atoms with E-state index in [4.69, 9.17) is 10.8 Å². The summed E-state index contributed by atoms with van der Waals surface area (Å²) in [6.07, 6.45) is 3.47. The molecule has 1 amide bonds. The van der Waals surface area contributed by atoms with E-state index in [1.165, 1.54) is 0 Å². The smallest absolute Gasteiger partial charge is 0.306 e. The van der Waals surface area contributed by atoms with E-state index in [1.54, 1.807) is 6.92 Å². The monoisotopic (exact) mass is 242 g/mol. The number of amides is 1. The minimum Gasteiger partial charge on any atom is -0.481 e. The van der Waals surface area contributed by atoms with Gasteiger partial charge < -0.3 is 16.2 Å². The van der Waals surface area contributed by atoms with Crippen molar-refractivity contribution in [2.24, 2.45) is 23.5 Å². The Morgan fingerprint density at radius 2 is 2.18 bits per heavy atom. The lowest BCUT2D eigenvalue weighted by molar-refractivity contribution is -0.141. The Balaban J connectivity index is 2.27. The number of hydrogen-bond acceptors (Lipinski definition) is 3. The van der Waals surface area contributed by atoms with Gasteiger partial charge >= 0.3 is 5.97 Å². The highest BCUT2D eigenvalue weighted by atomic mass is 16.4. The van der Waals surface area contributed by atoms with Gasteiger partial charge in [-0.15, -0.1) is 0 Å². The zero-order chi connectivity index (χ0) is 12.8. The van der Waals surface area contributed by atoms with Gasteiger partial charge in [0.1, 0.15) is 0 Å². The molecule has 3 atom stereocenters. The Labute approximate surface area is 102 Å². The highest BCUT2D eigenvalue weighted by Crippen LogP contribution is 2.30. The first-order chi connectivity index (χ1) is 8.06. The lowest BCUT2D eigenvalue weighted by Gasteiger charge is -2.17. The second-order valence-electron chi connectivity index (χ2n) is 4.85. The van der Waals surface area contributed by atoms with E-state index in [2.05, 4.69) is 5.32 Å². The van der Waals surface area contributed by atoms with Crippen LogP contribution in [-0.4, -0.2) is 30.1 Å². The number of carboxylic acid groups (broad SMARTS) is 1. The quantitative estimate of drug-likeness (QED) is 0.635. The highest BCUT2D eigenvalue weighted by molar-refractivity contribution is 5.79. The average Bonchev–Trinajstić information content (AvgIpc) is 2.76. The maximum Gasteiger partial charge on any atom is 0.306 e. The van der Waals surface area contributed by atoms with E-state index < -0.39 is 11.9 Å². The summed E-state index contributed by atoms with van der Waals surface area (Å²) < 4.78 is 0. The van der Waals surface area contributed by atoms with Gasteiger partial charge in [0.25, 0.3) is 0 Å². The zero-order valence-corrected chi connectivity index (χ0v) is 10.3. The van der Waals surface area contributed by atoms with E-state index in [9.17, 15) is 9.59 Å².